The molecule has 1 unspecified atom stereocenters. The average molecular weight is 368 g/mol. The molecule has 0 radical (unpaired) electrons. The third-order valence-electron chi connectivity index (χ3n) is 3.49. The van der Waals surface area contributed by atoms with Gasteiger partial charge in [-0.2, -0.15) is 0 Å². The number of benzene rings is 2. The Labute approximate surface area is 145 Å². The van der Waals surface area contributed by atoms with Crippen molar-refractivity contribution >= 4 is 38.9 Å². The summed E-state index contributed by atoms with van der Waals surface area (Å²) in [4.78, 5) is 12.5. The van der Waals surface area contributed by atoms with E-state index in [0.717, 1.165) is 11.3 Å². The van der Waals surface area contributed by atoms with E-state index in [2.05, 4.69) is 5.32 Å². The lowest BCUT2D eigenvalue weighted by Crippen LogP contribution is -2.28. The molecule has 0 aliphatic rings. The van der Waals surface area contributed by atoms with Crippen LogP contribution >= 0.6 is 22.9 Å². The smallest absolute Gasteiger partial charge is 0.263 e. The van der Waals surface area contributed by atoms with Gasteiger partial charge in [-0.3, -0.25) is 4.79 Å². The molecule has 0 fully saturated rings. The highest BCUT2D eigenvalue weighted by molar-refractivity contribution is 7.21. The minimum atomic E-state index is -1.05. The first-order valence-electron chi connectivity index (χ1n) is 7.05. The van der Waals surface area contributed by atoms with Gasteiger partial charge >= 0.3 is 0 Å². The Morgan fingerprint density at radius 3 is 2.71 bits per heavy atom. The summed E-state index contributed by atoms with van der Waals surface area (Å²) in [7, 11) is 0. The van der Waals surface area contributed by atoms with Crippen LogP contribution < -0.4 is 5.32 Å². The number of rotatable bonds is 4. The van der Waals surface area contributed by atoms with Crippen LogP contribution in [0.4, 0.5) is 8.78 Å². The Morgan fingerprint density at radius 1 is 1.21 bits per heavy atom. The van der Waals surface area contributed by atoms with Crippen molar-refractivity contribution in [1.29, 1.82) is 0 Å². The summed E-state index contributed by atoms with van der Waals surface area (Å²) >= 11 is 7.24. The summed E-state index contributed by atoms with van der Waals surface area (Å²) in [6.07, 6.45) is -1.05. The van der Waals surface area contributed by atoms with Crippen molar-refractivity contribution in [3.63, 3.8) is 0 Å². The number of nitrogens with one attached hydrogen (secondary N) is 1. The number of hydrogen-bond acceptors (Lipinski definition) is 3. The van der Waals surface area contributed by atoms with Crippen LogP contribution in [0.25, 0.3) is 10.1 Å². The van der Waals surface area contributed by atoms with Crippen molar-refractivity contribution in [2.75, 3.05) is 6.54 Å². The molecule has 1 aromatic heterocycles. The van der Waals surface area contributed by atoms with E-state index in [1.54, 1.807) is 6.07 Å². The molecule has 3 nitrogen and oxygen atoms in total. The molecule has 2 N–H and O–H groups in total. The highest BCUT2D eigenvalue weighted by Crippen LogP contribution is 2.35. The quantitative estimate of drug-likeness (QED) is 0.722. The maximum atomic E-state index is 13.3. The maximum absolute atomic E-state index is 13.3. The monoisotopic (exact) mass is 367 g/mol. The number of fused-ring (bicyclic) bond motifs is 1. The Hall–Kier alpha value is -2.02. The lowest BCUT2D eigenvalue weighted by molar-refractivity contribution is 0.0920. The van der Waals surface area contributed by atoms with Crippen molar-refractivity contribution in [3.05, 3.63) is 69.6 Å². The second-order valence-electron chi connectivity index (χ2n) is 5.17. The molecule has 0 saturated carbocycles. The van der Waals surface area contributed by atoms with Gasteiger partial charge in [-0.1, -0.05) is 23.7 Å². The average Bonchev–Trinajstić information content (AvgIpc) is 2.88. The normalized spacial score (nSPS) is 12.3. The van der Waals surface area contributed by atoms with Gasteiger partial charge in [0.2, 0.25) is 0 Å². The summed E-state index contributed by atoms with van der Waals surface area (Å²) < 4.78 is 27.0. The fraction of sp³-hybridized carbons (Fsp3) is 0.118. The predicted molar refractivity (Wildman–Crippen MR) is 90.5 cm³/mol. The second-order valence-corrected chi connectivity index (χ2v) is 6.60. The van der Waals surface area contributed by atoms with Crippen molar-refractivity contribution < 1.29 is 18.7 Å². The molecule has 24 heavy (non-hydrogen) atoms. The Bertz CT molecular complexity index is 913. The van der Waals surface area contributed by atoms with Crippen LogP contribution in [0.15, 0.2) is 42.5 Å². The standard InChI is InChI=1S/C17H12ClF2NO2S/c18-15-12-5-4-11(20)7-14(12)24-16(15)17(23)21-8-13(22)9-2-1-3-10(19)6-9/h1-7,13,22H,8H2,(H,21,23). The molecule has 1 amide bonds. The first-order chi connectivity index (χ1) is 11.5. The number of halogens is 3. The minimum absolute atomic E-state index is 0.0960. The zero-order valence-electron chi connectivity index (χ0n) is 12.2. The summed E-state index contributed by atoms with van der Waals surface area (Å²) in [6.45, 7) is -0.0960. The molecular weight excluding hydrogens is 356 g/mol. The number of thiophene rings is 1. The summed E-state index contributed by atoms with van der Waals surface area (Å²) in [6, 6.07) is 9.61. The molecule has 124 valence electrons. The largest absolute Gasteiger partial charge is 0.387 e. The van der Waals surface area contributed by atoms with E-state index < -0.39 is 23.6 Å². The van der Waals surface area contributed by atoms with E-state index in [1.165, 1.54) is 36.4 Å². The number of amides is 1. The van der Waals surface area contributed by atoms with Crippen LogP contribution in [0.1, 0.15) is 21.3 Å². The zero-order chi connectivity index (χ0) is 17.3. The molecule has 1 heterocycles. The lowest BCUT2D eigenvalue weighted by atomic mass is 10.1. The highest BCUT2D eigenvalue weighted by Gasteiger charge is 2.18. The van der Waals surface area contributed by atoms with Crippen LogP contribution in [0.5, 0.6) is 0 Å². The number of carbonyl (C=O) groups is 1. The second kappa shape index (κ2) is 6.84. The van der Waals surface area contributed by atoms with E-state index in [-0.39, 0.29) is 16.4 Å². The van der Waals surface area contributed by atoms with E-state index in [0.29, 0.717) is 15.6 Å². The van der Waals surface area contributed by atoms with E-state index in [4.69, 9.17) is 11.6 Å². The van der Waals surface area contributed by atoms with Crippen LogP contribution in [0.2, 0.25) is 5.02 Å². The first-order valence-corrected chi connectivity index (χ1v) is 8.24. The summed E-state index contributed by atoms with van der Waals surface area (Å²) in [5.41, 5.74) is 0.361. The van der Waals surface area contributed by atoms with Gasteiger partial charge in [0.1, 0.15) is 16.5 Å². The van der Waals surface area contributed by atoms with Gasteiger partial charge in [0.15, 0.2) is 0 Å². The van der Waals surface area contributed by atoms with E-state index in [1.807, 2.05) is 0 Å². The Balaban J connectivity index is 1.74. The molecule has 3 aromatic rings. The molecule has 1 atom stereocenters. The fourth-order valence-electron chi connectivity index (χ4n) is 2.29. The number of carbonyl (C=O) groups excluding carboxylic acids is 1. The van der Waals surface area contributed by atoms with Gasteiger partial charge in [-0.15, -0.1) is 11.3 Å². The van der Waals surface area contributed by atoms with Crippen molar-refractivity contribution in [1.82, 2.24) is 5.32 Å². The van der Waals surface area contributed by atoms with Crippen molar-refractivity contribution in [3.8, 4) is 0 Å². The molecule has 0 aliphatic carbocycles. The molecule has 0 spiro atoms. The molecule has 3 rings (SSSR count). The minimum Gasteiger partial charge on any atom is -0.387 e. The molecule has 0 bridgehead atoms. The fourth-order valence-corrected chi connectivity index (χ4v) is 3.74. The zero-order valence-corrected chi connectivity index (χ0v) is 13.8. The van der Waals surface area contributed by atoms with E-state index in [9.17, 15) is 18.7 Å². The topological polar surface area (TPSA) is 49.3 Å². The van der Waals surface area contributed by atoms with Crippen LogP contribution in [-0.4, -0.2) is 17.6 Å². The first kappa shape index (κ1) is 16.8. The molecule has 0 aliphatic heterocycles. The lowest BCUT2D eigenvalue weighted by Gasteiger charge is -2.12. The highest BCUT2D eigenvalue weighted by atomic mass is 35.5. The van der Waals surface area contributed by atoms with Gasteiger partial charge in [-0.05, 0) is 35.9 Å². The molecule has 0 saturated heterocycles. The Morgan fingerprint density at radius 2 is 1.96 bits per heavy atom. The van der Waals surface area contributed by atoms with Gasteiger partial charge < -0.3 is 10.4 Å². The summed E-state index contributed by atoms with van der Waals surface area (Å²) in [5, 5.41) is 13.4. The Kier molecular flexibility index (Phi) is 4.80. The third kappa shape index (κ3) is 3.40. The maximum Gasteiger partial charge on any atom is 0.263 e. The SMILES string of the molecule is O=C(NCC(O)c1cccc(F)c1)c1sc2cc(F)ccc2c1Cl. The number of aliphatic hydroxyl groups excluding tert-OH is 1. The van der Waals surface area contributed by atoms with Gasteiger partial charge in [0.25, 0.3) is 5.91 Å². The molecule has 7 heteroatoms. The predicted octanol–water partition coefficient (Wildman–Crippen LogP) is 4.30. The summed E-state index contributed by atoms with van der Waals surface area (Å²) in [5.74, 6) is -1.35. The van der Waals surface area contributed by atoms with Gasteiger partial charge in [-0.25, -0.2) is 8.78 Å². The third-order valence-corrected chi connectivity index (χ3v) is 5.14. The van der Waals surface area contributed by atoms with Gasteiger partial charge in [0, 0.05) is 16.6 Å². The number of hydrogen-bond donors (Lipinski definition) is 2. The molecular formula is C17H12ClF2NO2S. The van der Waals surface area contributed by atoms with Crippen molar-refractivity contribution in [2.24, 2.45) is 0 Å². The molecule has 2 aromatic carbocycles. The van der Waals surface area contributed by atoms with Crippen LogP contribution in [0.3, 0.4) is 0 Å². The van der Waals surface area contributed by atoms with E-state index >= 15 is 0 Å². The van der Waals surface area contributed by atoms with Crippen LogP contribution in [0, 0.1) is 11.6 Å². The number of aliphatic hydroxyl groups is 1. The van der Waals surface area contributed by atoms with Crippen LogP contribution in [-0.2, 0) is 0 Å². The van der Waals surface area contributed by atoms with Gasteiger partial charge in [0.05, 0.1) is 11.1 Å². The van der Waals surface area contributed by atoms with Crippen molar-refractivity contribution in [2.45, 2.75) is 6.10 Å².